The number of likely N-dealkylation sites (N-methyl/N-ethyl adjacent to an activating group) is 1. The minimum atomic E-state index is -0.231. The minimum absolute atomic E-state index is 0.0230. The van der Waals surface area contributed by atoms with Crippen LogP contribution in [0.4, 0.5) is 11.4 Å². The van der Waals surface area contributed by atoms with E-state index in [-0.39, 0.29) is 24.4 Å². The zero-order chi connectivity index (χ0) is 21.3. The molecule has 0 aliphatic carbocycles. The molecule has 0 radical (unpaired) electrons. The fraction of sp³-hybridized carbons (Fsp3) is 0.417. The predicted molar refractivity (Wildman–Crippen MR) is 122 cm³/mol. The van der Waals surface area contributed by atoms with Gasteiger partial charge in [-0.1, -0.05) is 43.3 Å². The zero-order valence-electron chi connectivity index (χ0n) is 18.0. The van der Waals surface area contributed by atoms with Crippen molar-refractivity contribution in [1.82, 2.24) is 10.2 Å². The van der Waals surface area contributed by atoms with Crippen LogP contribution in [-0.2, 0) is 9.59 Å². The maximum Gasteiger partial charge on any atom is 0.244 e. The molecule has 30 heavy (non-hydrogen) atoms. The molecule has 3 rings (SSSR count). The summed E-state index contributed by atoms with van der Waals surface area (Å²) in [5.41, 5.74) is 2.09. The van der Waals surface area contributed by atoms with E-state index in [0.717, 1.165) is 25.1 Å². The number of nitrogens with one attached hydrogen (secondary N) is 1. The number of hydrogen-bond acceptors (Lipinski definition) is 4. The summed E-state index contributed by atoms with van der Waals surface area (Å²) in [6.07, 6.45) is 1.62. The fourth-order valence-corrected chi connectivity index (χ4v) is 3.91. The van der Waals surface area contributed by atoms with Crippen LogP contribution in [-0.4, -0.2) is 62.5 Å². The van der Waals surface area contributed by atoms with Crippen LogP contribution in [0.5, 0.6) is 0 Å². The lowest BCUT2D eigenvalue weighted by Crippen LogP contribution is -2.46. The Morgan fingerprint density at radius 2 is 1.77 bits per heavy atom. The number of hydrogen-bond donors (Lipinski definition) is 1. The molecule has 0 aromatic heterocycles. The normalized spacial score (nSPS) is 16.2. The highest BCUT2D eigenvalue weighted by Gasteiger charge is 2.36. The first-order valence-corrected chi connectivity index (χ1v) is 10.7. The number of anilines is 2. The van der Waals surface area contributed by atoms with E-state index < -0.39 is 0 Å². The molecule has 1 unspecified atom stereocenters. The van der Waals surface area contributed by atoms with Crippen LogP contribution in [0.25, 0.3) is 0 Å². The second kappa shape index (κ2) is 10.8. The summed E-state index contributed by atoms with van der Waals surface area (Å²) < 4.78 is 0. The molecule has 1 atom stereocenters. The molecular weight excluding hydrogens is 376 g/mol. The highest BCUT2D eigenvalue weighted by Crippen LogP contribution is 2.24. The third-order valence-electron chi connectivity index (χ3n) is 5.63. The molecule has 0 bridgehead atoms. The number of nitrogens with zero attached hydrogens (tertiary/aromatic N) is 3. The van der Waals surface area contributed by atoms with E-state index in [0.29, 0.717) is 19.6 Å². The number of carbonyl (C=O) groups excluding carboxylic acids is 2. The van der Waals surface area contributed by atoms with Crippen LogP contribution in [0.15, 0.2) is 60.7 Å². The van der Waals surface area contributed by atoms with Crippen molar-refractivity contribution < 1.29 is 9.59 Å². The number of rotatable bonds is 10. The summed E-state index contributed by atoms with van der Waals surface area (Å²) in [5.74, 6) is 0.0607. The van der Waals surface area contributed by atoms with Crippen LogP contribution < -0.4 is 15.1 Å². The second-order valence-electron chi connectivity index (χ2n) is 7.65. The Labute approximate surface area is 179 Å². The van der Waals surface area contributed by atoms with Gasteiger partial charge in [-0.2, -0.15) is 0 Å². The Bertz CT molecular complexity index is 812. The number of carbonyl (C=O) groups is 2. The van der Waals surface area contributed by atoms with Crippen molar-refractivity contribution in [2.45, 2.75) is 25.8 Å². The van der Waals surface area contributed by atoms with Crippen molar-refractivity contribution in [3.05, 3.63) is 60.7 Å². The molecule has 1 aliphatic heterocycles. The Kier molecular flexibility index (Phi) is 7.85. The van der Waals surface area contributed by atoms with Crippen LogP contribution in [0.1, 0.15) is 19.8 Å². The first-order chi connectivity index (χ1) is 14.6. The standard InChI is InChI=1S/C24H32N4O2/c1-3-27(22-15-18-28(24(22)30)21-13-8-5-9-14-21)19-23(29)25-16-10-17-26(2)20-11-6-4-7-12-20/h4-9,11-14,22H,3,10,15-19H2,1-2H3,(H,25,29). The van der Waals surface area contributed by atoms with Gasteiger partial charge in [0, 0.05) is 38.1 Å². The molecule has 0 spiro atoms. The molecule has 1 fully saturated rings. The van der Waals surface area contributed by atoms with E-state index in [1.165, 1.54) is 5.69 Å². The van der Waals surface area contributed by atoms with Crippen LogP contribution in [0.2, 0.25) is 0 Å². The quantitative estimate of drug-likeness (QED) is 0.614. The third-order valence-corrected chi connectivity index (χ3v) is 5.63. The SMILES string of the molecule is CCN(CC(=O)NCCCN(C)c1ccccc1)C1CCN(c2ccccc2)C1=O. The average Bonchev–Trinajstić information content (AvgIpc) is 3.17. The van der Waals surface area contributed by atoms with Gasteiger partial charge in [0.2, 0.25) is 11.8 Å². The predicted octanol–water partition coefficient (Wildman–Crippen LogP) is 2.76. The van der Waals surface area contributed by atoms with Crippen LogP contribution in [0, 0.1) is 0 Å². The lowest BCUT2D eigenvalue weighted by Gasteiger charge is -2.26. The van der Waals surface area contributed by atoms with E-state index in [1.54, 1.807) is 0 Å². The molecule has 6 nitrogen and oxygen atoms in total. The van der Waals surface area contributed by atoms with Gasteiger partial charge in [-0.25, -0.2) is 0 Å². The Hall–Kier alpha value is -2.86. The topological polar surface area (TPSA) is 55.9 Å². The van der Waals surface area contributed by atoms with E-state index in [9.17, 15) is 9.59 Å². The molecule has 2 aromatic rings. The Morgan fingerprint density at radius 1 is 1.10 bits per heavy atom. The second-order valence-corrected chi connectivity index (χ2v) is 7.65. The van der Waals surface area contributed by atoms with Gasteiger partial charge in [0.05, 0.1) is 12.6 Å². The van der Waals surface area contributed by atoms with Gasteiger partial charge in [0.15, 0.2) is 0 Å². The molecule has 1 saturated heterocycles. The highest BCUT2D eigenvalue weighted by molar-refractivity contribution is 5.99. The lowest BCUT2D eigenvalue weighted by molar-refractivity contribution is -0.125. The van der Waals surface area contributed by atoms with Gasteiger partial charge in [-0.05, 0) is 43.7 Å². The number of amides is 2. The largest absolute Gasteiger partial charge is 0.375 e. The molecule has 1 N–H and O–H groups in total. The number of para-hydroxylation sites is 2. The molecular formula is C24H32N4O2. The Balaban J connectivity index is 1.43. The van der Waals surface area contributed by atoms with Crippen molar-refractivity contribution in [3.63, 3.8) is 0 Å². The van der Waals surface area contributed by atoms with Gasteiger partial charge in [-0.3, -0.25) is 14.5 Å². The summed E-state index contributed by atoms with van der Waals surface area (Å²) in [5, 5.41) is 3.00. The maximum absolute atomic E-state index is 12.9. The molecule has 1 aliphatic rings. The van der Waals surface area contributed by atoms with Crippen molar-refractivity contribution in [2.24, 2.45) is 0 Å². The average molecular weight is 409 g/mol. The number of benzene rings is 2. The van der Waals surface area contributed by atoms with Gasteiger partial charge >= 0.3 is 0 Å². The van der Waals surface area contributed by atoms with Gasteiger partial charge in [-0.15, -0.1) is 0 Å². The Morgan fingerprint density at radius 3 is 2.43 bits per heavy atom. The molecule has 6 heteroatoms. The fourth-order valence-electron chi connectivity index (χ4n) is 3.91. The van der Waals surface area contributed by atoms with Gasteiger partial charge < -0.3 is 15.1 Å². The summed E-state index contributed by atoms with van der Waals surface area (Å²) in [6.45, 7) is 5.11. The summed E-state index contributed by atoms with van der Waals surface area (Å²) >= 11 is 0. The first kappa shape index (κ1) is 21.8. The van der Waals surface area contributed by atoms with Gasteiger partial charge in [0.25, 0.3) is 0 Å². The van der Waals surface area contributed by atoms with Gasteiger partial charge in [0.1, 0.15) is 0 Å². The zero-order valence-corrected chi connectivity index (χ0v) is 18.0. The molecule has 0 saturated carbocycles. The molecule has 2 amide bonds. The van der Waals surface area contributed by atoms with Crippen LogP contribution >= 0.6 is 0 Å². The highest BCUT2D eigenvalue weighted by atomic mass is 16.2. The maximum atomic E-state index is 12.9. The summed E-state index contributed by atoms with van der Waals surface area (Å²) in [7, 11) is 2.06. The molecule has 160 valence electrons. The van der Waals surface area contributed by atoms with Crippen molar-refractivity contribution in [3.8, 4) is 0 Å². The van der Waals surface area contributed by atoms with E-state index in [1.807, 2.05) is 65.3 Å². The first-order valence-electron chi connectivity index (χ1n) is 10.7. The van der Waals surface area contributed by atoms with Crippen LogP contribution in [0.3, 0.4) is 0 Å². The monoisotopic (exact) mass is 408 g/mol. The van der Waals surface area contributed by atoms with Crippen molar-refractivity contribution >= 4 is 23.2 Å². The third kappa shape index (κ3) is 5.60. The molecule has 1 heterocycles. The van der Waals surface area contributed by atoms with E-state index in [2.05, 4.69) is 29.4 Å². The summed E-state index contributed by atoms with van der Waals surface area (Å²) in [6, 6.07) is 19.7. The minimum Gasteiger partial charge on any atom is -0.375 e. The smallest absolute Gasteiger partial charge is 0.244 e. The van der Waals surface area contributed by atoms with E-state index >= 15 is 0 Å². The van der Waals surface area contributed by atoms with Crippen molar-refractivity contribution in [1.29, 1.82) is 0 Å². The molecule has 2 aromatic carbocycles. The lowest BCUT2D eigenvalue weighted by atomic mass is 10.2. The van der Waals surface area contributed by atoms with E-state index in [4.69, 9.17) is 0 Å². The summed E-state index contributed by atoms with van der Waals surface area (Å²) in [4.78, 5) is 31.3. The van der Waals surface area contributed by atoms with Crippen molar-refractivity contribution in [2.75, 3.05) is 49.6 Å².